The minimum Gasteiger partial charge on any atom is -0.334 e. The topological polar surface area (TPSA) is 78.5 Å². The Morgan fingerprint density at radius 3 is 2.73 bits per heavy atom. The van der Waals surface area contributed by atoms with Crippen molar-refractivity contribution in [1.82, 2.24) is 29.3 Å². The third-order valence-corrected chi connectivity index (χ3v) is 4.26. The number of carbonyl (C=O) groups excluding carboxylic acids is 1. The van der Waals surface area contributed by atoms with Crippen LogP contribution < -0.4 is 0 Å². The number of ketones is 1. The molecule has 4 aromatic rings. The maximum absolute atomic E-state index is 12.3. The molecule has 4 rings (SSSR count). The smallest absolute Gasteiger partial charge is 0.144 e. The fourth-order valence-electron chi connectivity index (χ4n) is 2.97. The maximum Gasteiger partial charge on any atom is 0.144 e. The van der Waals surface area contributed by atoms with Crippen molar-refractivity contribution in [3.63, 3.8) is 0 Å². The van der Waals surface area contributed by atoms with E-state index in [0.29, 0.717) is 12.2 Å². The Balaban J connectivity index is 1.58. The average Bonchev–Trinajstić information content (AvgIpc) is 3.22. The number of aryl methyl sites for hydroxylation is 2. The van der Waals surface area contributed by atoms with Gasteiger partial charge in [-0.15, -0.1) is 0 Å². The van der Waals surface area contributed by atoms with Crippen molar-refractivity contribution < 1.29 is 4.79 Å². The molecular weight excluding hydrogens is 328 g/mol. The molecule has 0 atom stereocenters. The highest BCUT2D eigenvalue weighted by molar-refractivity contribution is 5.85. The Bertz CT molecular complexity index is 1090. The van der Waals surface area contributed by atoms with Crippen LogP contribution in [-0.2, 0) is 31.7 Å². The van der Waals surface area contributed by atoms with Gasteiger partial charge in [0.1, 0.15) is 11.6 Å². The van der Waals surface area contributed by atoms with Crippen LogP contribution in [0.5, 0.6) is 0 Å². The highest BCUT2D eigenvalue weighted by atomic mass is 16.1. The van der Waals surface area contributed by atoms with E-state index >= 15 is 0 Å². The first-order chi connectivity index (χ1) is 12.6. The minimum absolute atomic E-state index is 0.0696. The second-order valence-electron chi connectivity index (χ2n) is 6.36. The van der Waals surface area contributed by atoms with E-state index < -0.39 is 0 Å². The van der Waals surface area contributed by atoms with E-state index in [-0.39, 0.29) is 12.2 Å². The number of rotatable bonds is 5. The predicted octanol–water partition coefficient (Wildman–Crippen LogP) is 2.12. The zero-order valence-electron chi connectivity index (χ0n) is 14.6. The Morgan fingerprint density at radius 1 is 1.12 bits per heavy atom. The molecule has 3 aromatic heterocycles. The van der Waals surface area contributed by atoms with Crippen molar-refractivity contribution in [1.29, 1.82) is 0 Å². The Hall–Kier alpha value is -3.35. The second-order valence-corrected chi connectivity index (χ2v) is 6.36. The summed E-state index contributed by atoms with van der Waals surface area (Å²) in [7, 11) is 3.79. The van der Waals surface area contributed by atoms with Crippen molar-refractivity contribution in [2.24, 2.45) is 14.1 Å². The summed E-state index contributed by atoms with van der Waals surface area (Å²) >= 11 is 0. The molecule has 0 bridgehead atoms. The summed E-state index contributed by atoms with van der Waals surface area (Å²) < 4.78 is 3.65. The summed E-state index contributed by atoms with van der Waals surface area (Å²) in [5.74, 6) is 0.605. The summed E-state index contributed by atoms with van der Waals surface area (Å²) in [6.45, 7) is 0. The van der Waals surface area contributed by atoms with Gasteiger partial charge >= 0.3 is 0 Å². The van der Waals surface area contributed by atoms with E-state index in [1.165, 1.54) is 0 Å². The van der Waals surface area contributed by atoms with E-state index in [1.807, 2.05) is 49.3 Å². The van der Waals surface area contributed by atoms with Crippen molar-refractivity contribution in [3.05, 3.63) is 60.7 Å². The molecule has 7 nitrogen and oxygen atoms in total. The molecule has 0 unspecified atom stereocenters. The standard InChI is InChI=1S/C19H18N6O/c1-24-12-20-10-18(24)14-3-4-15-9-21-19(23-17(15)6-14)7-16(26)5-13-8-22-25(2)11-13/h3-4,6,8-12H,5,7H2,1-2H3. The van der Waals surface area contributed by atoms with Gasteiger partial charge in [-0.1, -0.05) is 12.1 Å². The average molecular weight is 346 g/mol. The van der Waals surface area contributed by atoms with E-state index in [0.717, 1.165) is 27.7 Å². The fourth-order valence-corrected chi connectivity index (χ4v) is 2.97. The van der Waals surface area contributed by atoms with E-state index in [4.69, 9.17) is 0 Å². The first kappa shape index (κ1) is 16.1. The molecule has 0 radical (unpaired) electrons. The maximum atomic E-state index is 12.3. The number of hydrogen-bond donors (Lipinski definition) is 0. The van der Waals surface area contributed by atoms with Gasteiger partial charge in [0.25, 0.3) is 0 Å². The van der Waals surface area contributed by atoms with E-state index in [1.54, 1.807) is 23.4 Å². The highest BCUT2D eigenvalue weighted by Gasteiger charge is 2.10. The molecule has 3 heterocycles. The van der Waals surface area contributed by atoms with Crippen LogP contribution in [0.1, 0.15) is 11.4 Å². The van der Waals surface area contributed by atoms with Crippen molar-refractivity contribution in [2.45, 2.75) is 12.8 Å². The number of aromatic nitrogens is 6. The van der Waals surface area contributed by atoms with Crippen LogP contribution in [0.15, 0.2) is 49.3 Å². The Labute approximate surface area is 150 Å². The highest BCUT2D eigenvalue weighted by Crippen LogP contribution is 2.22. The molecule has 0 fully saturated rings. The molecule has 7 heteroatoms. The molecule has 0 amide bonds. The molecule has 0 aliphatic heterocycles. The largest absolute Gasteiger partial charge is 0.334 e. The Kier molecular flexibility index (Phi) is 4.04. The summed E-state index contributed by atoms with van der Waals surface area (Å²) in [6, 6.07) is 6.01. The normalized spacial score (nSPS) is 11.2. The van der Waals surface area contributed by atoms with Gasteiger partial charge < -0.3 is 4.57 Å². The van der Waals surface area contributed by atoms with Gasteiger partial charge in [0.15, 0.2) is 0 Å². The molecule has 26 heavy (non-hydrogen) atoms. The van der Waals surface area contributed by atoms with Gasteiger partial charge in [-0.05, 0) is 11.6 Å². The van der Waals surface area contributed by atoms with Crippen molar-refractivity contribution in [3.8, 4) is 11.3 Å². The monoisotopic (exact) mass is 346 g/mol. The lowest BCUT2D eigenvalue weighted by molar-refractivity contribution is -0.117. The van der Waals surface area contributed by atoms with E-state index in [2.05, 4.69) is 20.1 Å². The molecule has 0 spiro atoms. The Morgan fingerprint density at radius 2 is 2.00 bits per heavy atom. The van der Waals surface area contributed by atoms with Crippen LogP contribution in [0.2, 0.25) is 0 Å². The zero-order valence-corrected chi connectivity index (χ0v) is 14.6. The molecule has 1 aromatic carbocycles. The lowest BCUT2D eigenvalue weighted by Gasteiger charge is -2.05. The minimum atomic E-state index is 0.0696. The second kappa shape index (κ2) is 6.51. The van der Waals surface area contributed by atoms with Gasteiger partial charge in [-0.25, -0.2) is 15.0 Å². The van der Waals surface area contributed by atoms with Crippen LogP contribution in [0.3, 0.4) is 0 Å². The number of nitrogens with zero attached hydrogens (tertiary/aromatic N) is 6. The predicted molar refractivity (Wildman–Crippen MR) is 97.4 cm³/mol. The SMILES string of the molecule is Cn1cc(CC(=O)Cc2ncc3ccc(-c4cncn4C)cc3n2)cn1. The molecule has 0 aliphatic rings. The molecule has 130 valence electrons. The third-order valence-electron chi connectivity index (χ3n) is 4.26. The van der Waals surface area contributed by atoms with Crippen LogP contribution in [0.25, 0.3) is 22.2 Å². The number of hydrogen-bond acceptors (Lipinski definition) is 5. The first-order valence-corrected chi connectivity index (χ1v) is 8.30. The lowest BCUT2D eigenvalue weighted by Crippen LogP contribution is -2.09. The van der Waals surface area contributed by atoms with Crippen LogP contribution in [0.4, 0.5) is 0 Å². The van der Waals surface area contributed by atoms with Crippen molar-refractivity contribution >= 4 is 16.7 Å². The third kappa shape index (κ3) is 3.23. The summed E-state index contributed by atoms with van der Waals surface area (Å²) in [5, 5.41) is 5.03. The molecule has 0 aliphatic carbocycles. The van der Waals surface area contributed by atoms with E-state index in [9.17, 15) is 4.79 Å². The number of carbonyl (C=O) groups is 1. The molecular formula is C19H18N6O. The van der Waals surface area contributed by atoms with Crippen LogP contribution in [-0.4, -0.2) is 35.1 Å². The molecule has 0 N–H and O–H groups in total. The number of imidazole rings is 1. The van der Waals surface area contributed by atoms with Gasteiger partial charge in [0.2, 0.25) is 0 Å². The summed E-state index contributed by atoms with van der Waals surface area (Å²) in [4.78, 5) is 25.4. The quantitative estimate of drug-likeness (QED) is 0.553. The van der Waals surface area contributed by atoms with Crippen LogP contribution in [0, 0.1) is 0 Å². The number of Topliss-reactive ketones (excluding diaryl/α,β-unsaturated/α-hetero) is 1. The summed E-state index contributed by atoms with van der Waals surface area (Å²) in [6.07, 6.45) is 9.45. The molecule has 0 saturated heterocycles. The number of fused-ring (bicyclic) bond motifs is 1. The number of benzene rings is 1. The van der Waals surface area contributed by atoms with Crippen molar-refractivity contribution in [2.75, 3.05) is 0 Å². The lowest BCUT2D eigenvalue weighted by atomic mass is 10.1. The zero-order chi connectivity index (χ0) is 18.1. The first-order valence-electron chi connectivity index (χ1n) is 8.30. The van der Waals surface area contributed by atoms with Gasteiger partial charge in [-0.3, -0.25) is 9.48 Å². The van der Waals surface area contributed by atoms with Crippen LogP contribution >= 0.6 is 0 Å². The fraction of sp³-hybridized carbons (Fsp3) is 0.211. The van der Waals surface area contributed by atoms with Gasteiger partial charge in [0, 0.05) is 43.9 Å². The molecule has 0 saturated carbocycles. The van der Waals surface area contributed by atoms with Gasteiger partial charge in [-0.2, -0.15) is 5.10 Å². The van der Waals surface area contributed by atoms with Gasteiger partial charge in [0.05, 0.1) is 36.4 Å². The summed E-state index contributed by atoms with van der Waals surface area (Å²) in [5.41, 5.74) is 3.77.